The van der Waals surface area contributed by atoms with Gasteiger partial charge >= 0.3 is 0 Å². The van der Waals surface area contributed by atoms with Crippen molar-refractivity contribution in [2.45, 2.75) is 18.2 Å². The minimum atomic E-state index is -3.85. The van der Waals surface area contributed by atoms with Crippen molar-refractivity contribution >= 4 is 10.0 Å². The molecule has 94 valence electrons. The normalized spacial score (nSPS) is 12.2. The van der Waals surface area contributed by atoms with Crippen LogP contribution in [0.4, 0.5) is 8.78 Å². The lowest BCUT2D eigenvalue weighted by Crippen LogP contribution is -2.24. The number of hydrogen-bond acceptors (Lipinski definition) is 2. The molecule has 17 heavy (non-hydrogen) atoms. The molecule has 1 aromatic rings. The highest BCUT2D eigenvalue weighted by atomic mass is 32.2. The third-order valence-corrected chi connectivity index (χ3v) is 3.43. The van der Waals surface area contributed by atoms with Crippen LogP contribution in [0.1, 0.15) is 13.3 Å². The first-order valence-electron chi connectivity index (χ1n) is 5.02. The first-order chi connectivity index (χ1) is 7.95. The number of sulfonamides is 1. The number of allylic oxidation sites excluding steroid dienone is 1. The zero-order chi connectivity index (χ0) is 12.9. The van der Waals surface area contributed by atoms with Gasteiger partial charge in [0.15, 0.2) is 0 Å². The van der Waals surface area contributed by atoms with Gasteiger partial charge in [-0.25, -0.2) is 21.9 Å². The Morgan fingerprint density at radius 2 is 1.82 bits per heavy atom. The summed E-state index contributed by atoms with van der Waals surface area (Å²) in [6, 6.07) is 2.18. The largest absolute Gasteiger partial charge is 0.240 e. The molecule has 0 fully saturated rings. The molecule has 1 N–H and O–H groups in total. The Morgan fingerprint density at radius 3 is 2.35 bits per heavy atom. The fourth-order valence-corrected chi connectivity index (χ4v) is 2.30. The molecule has 1 aromatic carbocycles. The Morgan fingerprint density at radius 1 is 1.24 bits per heavy atom. The fraction of sp³-hybridized carbons (Fsp3) is 0.273. The zero-order valence-corrected chi connectivity index (χ0v) is 10.1. The molecule has 0 aromatic heterocycles. The first kappa shape index (κ1) is 13.8. The van der Waals surface area contributed by atoms with Gasteiger partial charge in [-0.3, -0.25) is 0 Å². The minimum Gasteiger partial charge on any atom is -0.211 e. The summed E-state index contributed by atoms with van der Waals surface area (Å²) >= 11 is 0. The van der Waals surface area contributed by atoms with Crippen LogP contribution < -0.4 is 4.72 Å². The van der Waals surface area contributed by atoms with Crippen LogP contribution in [0.15, 0.2) is 35.2 Å². The summed E-state index contributed by atoms with van der Waals surface area (Å²) in [4.78, 5) is -0.407. The van der Waals surface area contributed by atoms with Crippen LogP contribution in [-0.4, -0.2) is 15.0 Å². The lowest BCUT2D eigenvalue weighted by atomic mass is 10.3. The van der Waals surface area contributed by atoms with Crippen LogP contribution in [0.5, 0.6) is 0 Å². The van der Waals surface area contributed by atoms with Crippen LogP contribution >= 0.6 is 0 Å². The fourth-order valence-electron chi connectivity index (χ4n) is 1.21. The number of hydrogen-bond donors (Lipinski definition) is 1. The molecule has 0 saturated carbocycles. The number of rotatable bonds is 5. The Hall–Kier alpha value is -1.27. The minimum absolute atomic E-state index is 0.185. The van der Waals surface area contributed by atoms with Crippen molar-refractivity contribution in [3.8, 4) is 0 Å². The molecular weight excluding hydrogens is 248 g/mol. The van der Waals surface area contributed by atoms with E-state index in [0.717, 1.165) is 12.1 Å². The van der Waals surface area contributed by atoms with Gasteiger partial charge in [0.05, 0.1) is 4.90 Å². The monoisotopic (exact) mass is 261 g/mol. The lowest BCUT2D eigenvalue weighted by molar-refractivity contribution is 0.561. The van der Waals surface area contributed by atoms with Crippen molar-refractivity contribution in [2.75, 3.05) is 6.54 Å². The van der Waals surface area contributed by atoms with Gasteiger partial charge in [0.1, 0.15) is 11.6 Å². The maximum Gasteiger partial charge on any atom is 0.240 e. The second-order valence-corrected chi connectivity index (χ2v) is 5.13. The predicted octanol–water partition coefficient (Wildman–Crippen LogP) is 2.21. The smallest absolute Gasteiger partial charge is 0.211 e. The zero-order valence-electron chi connectivity index (χ0n) is 9.28. The van der Waals surface area contributed by atoms with Crippen molar-refractivity contribution < 1.29 is 17.2 Å². The van der Waals surface area contributed by atoms with E-state index in [1.807, 2.05) is 6.92 Å². The molecule has 0 spiro atoms. The van der Waals surface area contributed by atoms with Crippen molar-refractivity contribution in [2.24, 2.45) is 0 Å². The standard InChI is InChI=1S/C11H13F2NO2S/c1-2-3-4-5-14-17(15,16)11-7-9(12)6-10(13)8-11/h2-3,6-8,14H,4-5H2,1H3/b3-2+. The van der Waals surface area contributed by atoms with E-state index in [9.17, 15) is 17.2 Å². The van der Waals surface area contributed by atoms with Crippen molar-refractivity contribution in [1.82, 2.24) is 4.72 Å². The predicted molar refractivity (Wildman–Crippen MR) is 61.0 cm³/mol. The van der Waals surface area contributed by atoms with Crippen LogP contribution in [0.2, 0.25) is 0 Å². The SMILES string of the molecule is C/C=C/CCNS(=O)(=O)c1cc(F)cc(F)c1. The summed E-state index contributed by atoms with van der Waals surface area (Å²) in [5.41, 5.74) is 0. The Bertz CT molecular complexity index is 492. The van der Waals surface area contributed by atoms with E-state index >= 15 is 0 Å². The topological polar surface area (TPSA) is 46.2 Å². The Balaban J connectivity index is 2.82. The number of benzene rings is 1. The molecule has 0 aliphatic carbocycles. The van der Waals surface area contributed by atoms with Crippen LogP contribution in [0, 0.1) is 11.6 Å². The molecule has 0 atom stereocenters. The van der Waals surface area contributed by atoms with Crippen LogP contribution in [-0.2, 0) is 10.0 Å². The summed E-state index contributed by atoms with van der Waals surface area (Å²) in [5.74, 6) is -1.84. The maximum atomic E-state index is 12.9. The first-order valence-corrected chi connectivity index (χ1v) is 6.51. The molecule has 1 rings (SSSR count). The van der Waals surface area contributed by atoms with Gasteiger partial charge in [-0.15, -0.1) is 0 Å². The molecule has 0 aliphatic heterocycles. The molecule has 0 bridgehead atoms. The van der Waals surface area contributed by atoms with Gasteiger partial charge in [0.2, 0.25) is 10.0 Å². The molecule has 0 unspecified atom stereocenters. The summed E-state index contributed by atoms with van der Waals surface area (Å²) in [7, 11) is -3.85. The van der Waals surface area contributed by atoms with Gasteiger partial charge in [-0.1, -0.05) is 12.2 Å². The molecule has 6 heteroatoms. The van der Waals surface area contributed by atoms with E-state index < -0.39 is 26.6 Å². The van der Waals surface area contributed by atoms with E-state index in [1.54, 1.807) is 12.2 Å². The lowest BCUT2D eigenvalue weighted by Gasteiger charge is -2.05. The van der Waals surface area contributed by atoms with Gasteiger partial charge in [-0.2, -0.15) is 0 Å². The Kier molecular flexibility index (Phi) is 4.77. The highest BCUT2D eigenvalue weighted by Gasteiger charge is 2.15. The molecule has 0 heterocycles. The highest BCUT2D eigenvalue weighted by Crippen LogP contribution is 2.13. The van der Waals surface area contributed by atoms with Crippen LogP contribution in [0.3, 0.4) is 0 Å². The van der Waals surface area contributed by atoms with E-state index in [1.165, 1.54) is 0 Å². The average Bonchev–Trinajstić information content (AvgIpc) is 2.23. The van der Waals surface area contributed by atoms with Crippen molar-refractivity contribution in [3.05, 3.63) is 42.0 Å². The molecule has 0 saturated heterocycles. The molecule has 0 aliphatic rings. The summed E-state index contributed by atoms with van der Waals surface area (Å²) in [5, 5.41) is 0. The Labute approximate surface area is 99.2 Å². The third-order valence-electron chi connectivity index (χ3n) is 1.99. The van der Waals surface area contributed by atoms with E-state index in [2.05, 4.69) is 4.72 Å². The summed E-state index contributed by atoms with van der Waals surface area (Å²) in [6.07, 6.45) is 4.10. The average molecular weight is 261 g/mol. The van der Waals surface area contributed by atoms with Gasteiger partial charge in [0, 0.05) is 12.6 Å². The molecule has 3 nitrogen and oxygen atoms in total. The van der Waals surface area contributed by atoms with E-state index in [0.29, 0.717) is 12.5 Å². The van der Waals surface area contributed by atoms with Crippen molar-refractivity contribution in [1.29, 1.82) is 0 Å². The maximum absolute atomic E-state index is 12.9. The van der Waals surface area contributed by atoms with Gasteiger partial charge in [0.25, 0.3) is 0 Å². The van der Waals surface area contributed by atoms with Gasteiger partial charge in [-0.05, 0) is 25.5 Å². The number of halogens is 2. The summed E-state index contributed by atoms with van der Waals surface area (Å²) in [6.45, 7) is 2.00. The van der Waals surface area contributed by atoms with E-state index in [4.69, 9.17) is 0 Å². The van der Waals surface area contributed by atoms with Crippen LogP contribution in [0.25, 0.3) is 0 Å². The summed E-state index contributed by atoms with van der Waals surface area (Å²) < 4.78 is 51.2. The molecule has 0 radical (unpaired) electrons. The second-order valence-electron chi connectivity index (χ2n) is 3.36. The van der Waals surface area contributed by atoms with E-state index in [-0.39, 0.29) is 6.54 Å². The number of nitrogens with one attached hydrogen (secondary N) is 1. The van der Waals surface area contributed by atoms with Crippen molar-refractivity contribution in [3.63, 3.8) is 0 Å². The molecular formula is C11H13F2NO2S. The second kappa shape index (κ2) is 5.88. The highest BCUT2D eigenvalue weighted by molar-refractivity contribution is 7.89. The molecule has 0 amide bonds. The van der Waals surface area contributed by atoms with Gasteiger partial charge < -0.3 is 0 Å². The third kappa shape index (κ3) is 4.24. The quantitative estimate of drug-likeness (QED) is 0.652.